The van der Waals surface area contributed by atoms with Crippen LogP contribution in [0.5, 0.6) is 5.75 Å². The van der Waals surface area contributed by atoms with Crippen LogP contribution in [0.15, 0.2) is 88.7 Å². The van der Waals surface area contributed by atoms with Crippen LogP contribution in [0.1, 0.15) is 47.5 Å². The Hall–Kier alpha value is -4.39. The average molecular weight is 469 g/mol. The van der Waals surface area contributed by atoms with Gasteiger partial charge in [-0.2, -0.15) is 0 Å². The minimum atomic E-state index is -0.874. The molecule has 3 heterocycles. The van der Waals surface area contributed by atoms with Crippen molar-refractivity contribution in [1.29, 1.82) is 0 Å². The Labute approximate surface area is 202 Å². The van der Waals surface area contributed by atoms with Crippen molar-refractivity contribution in [2.24, 2.45) is 0 Å². The number of carbonyl (C=O) groups is 2. The molecule has 1 atom stereocenters. The van der Waals surface area contributed by atoms with E-state index >= 15 is 0 Å². The van der Waals surface area contributed by atoms with E-state index in [1.54, 1.807) is 48.7 Å². The summed E-state index contributed by atoms with van der Waals surface area (Å²) in [5.74, 6) is -0.758. The topological polar surface area (TPSA) is 92.9 Å². The molecular weight excluding hydrogens is 444 g/mol. The zero-order valence-electron chi connectivity index (χ0n) is 19.6. The Morgan fingerprint density at radius 3 is 2.51 bits per heavy atom. The molecule has 1 N–H and O–H groups in total. The first-order valence-electron chi connectivity index (χ1n) is 11.3. The minimum Gasteiger partial charge on any atom is -0.503 e. The van der Waals surface area contributed by atoms with Gasteiger partial charge in [0.15, 0.2) is 22.9 Å². The third-order valence-electron chi connectivity index (χ3n) is 6.22. The number of carbonyl (C=O) groups excluding carboxylic acids is 2. The fourth-order valence-electron chi connectivity index (χ4n) is 4.39. The number of methoxy groups -OCH3 is 1. The van der Waals surface area contributed by atoms with E-state index in [9.17, 15) is 14.7 Å². The summed E-state index contributed by atoms with van der Waals surface area (Å²) in [7, 11) is 1.52. The smallest absolute Gasteiger partial charge is 0.295 e. The Morgan fingerprint density at radius 1 is 1.09 bits per heavy atom. The van der Waals surface area contributed by atoms with Crippen molar-refractivity contribution < 1.29 is 23.8 Å². The Bertz CT molecular complexity index is 1450. The standard InChI is InChI=1S/C28H24N2O5/c1-16(2)17-10-12-18(13-11-17)24-23(26(32)28(33)30(24)22-9-4-5-14-29-22)25(31)21-15-19-7-6-8-20(34-3)27(19)35-21/h4-16,24,32H,1-3H3. The quantitative estimate of drug-likeness (QED) is 0.363. The van der Waals surface area contributed by atoms with Crippen LogP contribution in [0.2, 0.25) is 0 Å². The molecule has 176 valence electrons. The van der Waals surface area contributed by atoms with Crippen LogP contribution in [0.3, 0.4) is 0 Å². The normalized spacial score (nSPS) is 15.9. The maximum absolute atomic E-state index is 13.8. The van der Waals surface area contributed by atoms with Gasteiger partial charge in [-0.1, -0.05) is 56.3 Å². The molecule has 2 aromatic carbocycles. The zero-order valence-corrected chi connectivity index (χ0v) is 19.6. The van der Waals surface area contributed by atoms with Gasteiger partial charge in [0.1, 0.15) is 5.82 Å². The van der Waals surface area contributed by atoms with Crippen molar-refractivity contribution in [2.75, 3.05) is 12.0 Å². The van der Waals surface area contributed by atoms with Crippen LogP contribution in [-0.4, -0.2) is 28.9 Å². The molecule has 0 radical (unpaired) electrons. The molecular formula is C28H24N2O5. The first kappa shape index (κ1) is 22.4. The van der Waals surface area contributed by atoms with Crippen LogP contribution in [0, 0.1) is 0 Å². The molecule has 1 unspecified atom stereocenters. The molecule has 0 spiro atoms. The molecule has 0 saturated carbocycles. The summed E-state index contributed by atoms with van der Waals surface area (Å²) in [6, 6.07) is 18.9. The van der Waals surface area contributed by atoms with Crippen molar-refractivity contribution in [1.82, 2.24) is 4.98 Å². The first-order chi connectivity index (χ1) is 16.9. The van der Waals surface area contributed by atoms with Gasteiger partial charge < -0.3 is 14.3 Å². The van der Waals surface area contributed by atoms with Gasteiger partial charge in [0.25, 0.3) is 5.91 Å². The van der Waals surface area contributed by atoms with E-state index in [0.717, 1.165) is 5.56 Å². The van der Waals surface area contributed by atoms with Gasteiger partial charge in [0, 0.05) is 11.6 Å². The number of fused-ring (bicyclic) bond motifs is 1. The van der Waals surface area contributed by atoms with Crippen LogP contribution >= 0.6 is 0 Å². The van der Waals surface area contributed by atoms with Gasteiger partial charge in [0.2, 0.25) is 5.78 Å². The summed E-state index contributed by atoms with van der Waals surface area (Å²) in [5.41, 5.74) is 2.15. The number of pyridine rings is 1. The third kappa shape index (κ3) is 3.75. The summed E-state index contributed by atoms with van der Waals surface area (Å²) in [5, 5.41) is 11.6. The molecule has 0 bridgehead atoms. The van der Waals surface area contributed by atoms with Crippen LogP contribution < -0.4 is 9.64 Å². The number of ketones is 1. The van der Waals surface area contributed by atoms with Gasteiger partial charge in [-0.25, -0.2) is 4.98 Å². The van der Waals surface area contributed by atoms with Crippen LogP contribution in [-0.2, 0) is 4.79 Å². The third-order valence-corrected chi connectivity index (χ3v) is 6.22. The predicted molar refractivity (Wildman–Crippen MR) is 132 cm³/mol. The van der Waals surface area contributed by atoms with Crippen molar-refractivity contribution in [2.45, 2.75) is 25.8 Å². The molecule has 1 aliphatic rings. The fourth-order valence-corrected chi connectivity index (χ4v) is 4.39. The molecule has 0 saturated heterocycles. The molecule has 7 nitrogen and oxygen atoms in total. The highest BCUT2D eigenvalue weighted by Crippen LogP contribution is 2.42. The lowest BCUT2D eigenvalue weighted by Crippen LogP contribution is -2.31. The van der Waals surface area contributed by atoms with Gasteiger partial charge in [-0.05, 0) is 41.3 Å². The van der Waals surface area contributed by atoms with Gasteiger partial charge in [0.05, 0.1) is 18.7 Å². The van der Waals surface area contributed by atoms with E-state index in [1.807, 2.05) is 24.3 Å². The predicted octanol–water partition coefficient (Wildman–Crippen LogP) is 5.74. The number of ether oxygens (including phenoxy) is 1. The highest BCUT2D eigenvalue weighted by atomic mass is 16.5. The molecule has 35 heavy (non-hydrogen) atoms. The van der Waals surface area contributed by atoms with Crippen LogP contribution in [0.4, 0.5) is 5.82 Å². The summed E-state index contributed by atoms with van der Waals surface area (Å²) >= 11 is 0. The average Bonchev–Trinajstić information content (AvgIpc) is 3.43. The van der Waals surface area contributed by atoms with E-state index in [4.69, 9.17) is 9.15 Å². The number of amides is 1. The monoisotopic (exact) mass is 468 g/mol. The number of aromatic nitrogens is 1. The Balaban J connectivity index is 1.65. The number of anilines is 1. The SMILES string of the molecule is COc1cccc2cc(C(=O)C3=C(O)C(=O)N(c4ccccn4)C3c3ccc(C(C)C)cc3)oc12. The summed E-state index contributed by atoms with van der Waals surface area (Å²) in [4.78, 5) is 32.7. The number of benzene rings is 2. The van der Waals surface area contributed by atoms with Crippen molar-refractivity contribution in [3.8, 4) is 5.75 Å². The number of hydrogen-bond donors (Lipinski definition) is 1. The molecule has 0 aliphatic carbocycles. The summed E-state index contributed by atoms with van der Waals surface area (Å²) in [6.45, 7) is 4.18. The number of para-hydroxylation sites is 1. The number of furan rings is 1. The van der Waals surface area contributed by atoms with E-state index in [-0.39, 0.29) is 11.3 Å². The van der Waals surface area contributed by atoms with Crippen LogP contribution in [0.25, 0.3) is 11.0 Å². The summed E-state index contributed by atoms with van der Waals surface area (Å²) < 4.78 is 11.2. The van der Waals surface area contributed by atoms with Crippen molar-refractivity contribution in [3.63, 3.8) is 0 Å². The minimum absolute atomic E-state index is 0.00511. The van der Waals surface area contributed by atoms with E-state index in [1.165, 1.54) is 12.0 Å². The molecule has 4 aromatic rings. The molecule has 1 aliphatic heterocycles. The first-order valence-corrected chi connectivity index (χ1v) is 11.3. The highest BCUT2D eigenvalue weighted by Gasteiger charge is 2.46. The van der Waals surface area contributed by atoms with E-state index in [0.29, 0.717) is 34.0 Å². The van der Waals surface area contributed by atoms with Crippen molar-refractivity contribution in [3.05, 3.63) is 101 Å². The van der Waals surface area contributed by atoms with Gasteiger partial charge in [-0.15, -0.1) is 0 Å². The number of aliphatic hydroxyl groups excluding tert-OH is 1. The number of aliphatic hydroxyl groups is 1. The maximum atomic E-state index is 13.8. The highest BCUT2D eigenvalue weighted by molar-refractivity contribution is 6.20. The second-order valence-electron chi connectivity index (χ2n) is 8.67. The number of rotatable bonds is 6. The maximum Gasteiger partial charge on any atom is 0.295 e. The molecule has 5 rings (SSSR count). The Morgan fingerprint density at radius 2 is 1.86 bits per heavy atom. The van der Waals surface area contributed by atoms with E-state index in [2.05, 4.69) is 18.8 Å². The van der Waals surface area contributed by atoms with Crippen molar-refractivity contribution >= 4 is 28.5 Å². The Kier molecular flexibility index (Phi) is 5.61. The second kappa shape index (κ2) is 8.76. The lowest BCUT2D eigenvalue weighted by atomic mass is 9.93. The fraction of sp³-hybridized carbons (Fsp3) is 0.179. The van der Waals surface area contributed by atoms with E-state index < -0.39 is 23.5 Å². The number of Topliss-reactive ketones (excluding diaryl/α,β-unsaturated/α-hetero) is 1. The van der Waals surface area contributed by atoms with Gasteiger partial charge >= 0.3 is 0 Å². The lowest BCUT2D eigenvalue weighted by molar-refractivity contribution is -0.117. The largest absolute Gasteiger partial charge is 0.503 e. The van der Waals surface area contributed by atoms with Gasteiger partial charge in [-0.3, -0.25) is 14.5 Å². The molecule has 0 fully saturated rings. The number of nitrogens with zero attached hydrogens (tertiary/aromatic N) is 2. The lowest BCUT2D eigenvalue weighted by Gasteiger charge is -2.26. The second-order valence-corrected chi connectivity index (χ2v) is 8.67. The molecule has 7 heteroatoms. The zero-order chi connectivity index (χ0) is 24.7. The molecule has 2 aromatic heterocycles. The molecule has 1 amide bonds. The number of hydrogen-bond acceptors (Lipinski definition) is 6. The summed E-state index contributed by atoms with van der Waals surface area (Å²) in [6.07, 6.45) is 1.56.